The zero-order chi connectivity index (χ0) is 14.7. The number of aryl methyl sites for hydroxylation is 1. The Kier molecular flexibility index (Phi) is 5.43. The molecule has 2 rings (SSSR count). The molecule has 0 aliphatic carbocycles. The SMILES string of the molecule is CCCCN(CC)c1nc(C)nc2c(I)cc(Cl)cc12. The van der Waals surface area contributed by atoms with E-state index in [1.54, 1.807) is 0 Å². The largest absolute Gasteiger partial charge is 0.356 e. The van der Waals surface area contributed by atoms with Crippen molar-refractivity contribution in [1.29, 1.82) is 0 Å². The molecule has 0 bridgehead atoms. The number of hydrogen-bond donors (Lipinski definition) is 0. The van der Waals surface area contributed by atoms with Gasteiger partial charge in [-0.15, -0.1) is 0 Å². The Balaban J connectivity index is 2.61. The number of halogens is 2. The van der Waals surface area contributed by atoms with Gasteiger partial charge in [-0.3, -0.25) is 0 Å². The van der Waals surface area contributed by atoms with Gasteiger partial charge in [-0.1, -0.05) is 24.9 Å². The Morgan fingerprint density at radius 3 is 2.65 bits per heavy atom. The lowest BCUT2D eigenvalue weighted by molar-refractivity contribution is 0.724. The number of fused-ring (bicyclic) bond motifs is 1. The summed E-state index contributed by atoms with van der Waals surface area (Å²) in [5, 5.41) is 1.78. The second-order valence-corrected chi connectivity index (χ2v) is 6.41. The minimum atomic E-state index is 0.738. The first-order valence-electron chi connectivity index (χ1n) is 6.95. The summed E-state index contributed by atoms with van der Waals surface area (Å²) in [5.74, 6) is 1.81. The van der Waals surface area contributed by atoms with Gasteiger partial charge in [-0.25, -0.2) is 9.97 Å². The van der Waals surface area contributed by atoms with Gasteiger partial charge >= 0.3 is 0 Å². The number of anilines is 1. The van der Waals surface area contributed by atoms with Gasteiger partial charge < -0.3 is 4.90 Å². The quantitative estimate of drug-likeness (QED) is 0.670. The van der Waals surface area contributed by atoms with Crippen LogP contribution in [0.25, 0.3) is 10.9 Å². The van der Waals surface area contributed by atoms with Crippen molar-refractivity contribution in [1.82, 2.24) is 9.97 Å². The number of hydrogen-bond acceptors (Lipinski definition) is 3. The maximum atomic E-state index is 6.21. The summed E-state index contributed by atoms with van der Waals surface area (Å²) < 4.78 is 1.07. The normalized spacial score (nSPS) is 11.1. The van der Waals surface area contributed by atoms with Gasteiger partial charge in [0.15, 0.2) is 0 Å². The highest BCUT2D eigenvalue weighted by Gasteiger charge is 2.14. The molecule has 0 unspecified atom stereocenters. The molecule has 0 radical (unpaired) electrons. The summed E-state index contributed by atoms with van der Waals surface area (Å²) in [6.07, 6.45) is 2.34. The molecule has 0 spiro atoms. The zero-order valence-electron chi connectivity index (χ0n) is 12.1. The van der Waals surface area contributed by atoms with Crippen LogP contribution < -0.4 is 4.90 Å². The average Bonchev–Trinajstić information content (AvgIpc) is 2.40. The first-order valence-corrected chi connectivity index (χ1v) is 8.40. The Bertz CT molecular complexity index is 616. The van der Waals surface area contributed by atoms with E-state index in [9.17, 15) is 0 Å². The maximum absolute atomic E-state index is 6.21. The Morgan fingerprint density at radius 1 is 1.25 bits per heavy atom. The van der Waals surface area contributed by atoms with Crippen LogP contribution in [0.1, 0.15) is 32.5 Å². The van der Waals surface area contributed by atoms with Crippen molar-refractivity contribution in [2.75, 3.05) is 18.0 Å². The van der Waals surface area contributed by atoms with Crippen molar-refractivity contribution in [3.63, 3.8) is 0 Å². The molecule has 0 amide bonds. The fourth-order valence-corrected chi connectivity index (χ4v) is 3.40. The summed E-state index contributed by atoms with van der Waals surface area (Å²) in [4.78, 5) is 11.5. The highest BCUT2D eigenvalue weighted by atomic mass is 127. The molecule has 0 aliphatic rings. The summed E-state index contributed by atoms with van der Waals surface area (Å²) in [5.41, 5.74) is 0.993. The summed E-state index contributed by atoms with van der Waals surface area (Å²) in [6, 6.07) is 3.92. The van der Waals surface area contributed by atoms with Gasteiger partial charge in [0.25, 0.3) is 0 Å². The van der Waals surface area contributed by atoms with E-state index in [2.05, 4.69) is 51.3 Å². The molecule has 0 N–H and O–H groups in total. The van der Waals surface area contributed by atoms with E-state index >= 15 is 0 Å². The van der Waals surface area contributed by atoms with Crippen molar-refractivity contribution in [2.45, 2.75) is 33.6 Å². The molecule has 0 aliphatic heterocycles. The third-order valence-corrected chi connectivity index (χ3v) is 4.31. The minimum absolute atomic E-state index is 0.738. The average molecular weight is 404 g/mol. The first kappa shape index (κ1) is 15.8. The van der Waals surface area contributed by atoms with Gasteiger partial charge in [0.05, 0.1) is 5.52 Å². The van der Waals surface area contributed by atoms with E-state index in [0.717, 1.165) is 50.6 Å². The molecule has 2 aromatic rings. The van der Waals surface area contributed by atoms with Gasteiger partial charge in [-0.05, 0) is 55.0 Å². The van der Waals surface area contributed by atoms with Crippen molar-refractivity contribution in [2.24, 2.45) is 0 Å². The van der Waals surface area contributed by atoms with Crippen LogP contribution in [0.15, 0.2) is 12.1 Å². The Labute approximate surface area is 138 Å². The lowest BCUT2D eigenvalue weighted by Crippen LogP contribution is -2.25. The van der Waals surface area contributed by atoms with Crippen molar-refractivity contribution < 1.29 is 0 Å². The van der Waals surface area contributed by atoms with Crippen LogP contribution >= 0.6 is 34.2 Å². The standard InChI is InChI=1S/C15H19ClIN3/c1-4-6-7-20(5-2)15-12-8-11(16)9-13(17)14(12)18-10(3)19-15/h8-9H,4-7H2,1-3H3. The minimum Gasteiger partial charge on any atom is -0.356 e. The third-order valence-electron chi connectivity index (χ3n) is 3.27. The van der Waals surface area contributed by atoms with E-state index in [1.165, 1.54) is 6.42 Å². The molecular weight excluding hydrogens is 385 g/mol. The van der Waals surface area contributed by atoms with E-state index in [1.807, 2.05) is 19.1 Å². The van der Waals surface area contributed by atoms with Gasteiger partial charge in [0.1, 0.15) is 11.6 Å². The first-order chi connectivity index (χ1) is 9.56. The van der Waals surface area contributed by atoms with Crippen molar-refractivity contribution >= 4 is 50.9 Å². The van der Waals surface area contributed by atoms with Crippen LogP contribution in [0.3, 0.4) is 0 Å². The highest BCUT2D eigenvalue weighted by Crippen LogP contribution is 2.30. The molecule has 0 saturated carbocycles. The van der Waals surface area contributed by atoms with E-state index in [-0.39, 0.29) is 0 Å². The van der Waals surface area contributed by atoms with Crippen LogP contribution in [0.4, 0.5) is 5.82 Å². The van der Waals surface area contributed by atoms with E-state index in [0.29, 0.717) is 0 Å². The fraction of sp³-hybridized carbons (Fsp3) is 0.467. The van der Waals surface area contributed by atoms with Crippen LogP contribution in [-0.2, 0) is 0 Å². The van der Waals surface area contributed by atoms with Crippen LogP contribution in [0.2, 0.25) is 5.02 Å². The van der Waals surface area contributed by atoms with Crippen LogP contribution in [-0.4, -0.2) is 23.1 Å². The predicted molar refractivity (Wildman–Crippen MR) is 94.8 cm³/mol. The third kappa shape index (κ3) is 3.34. The molecule has 0 fully saturated rings. The topological polar surface area (TPSA) is 29.0 Å². The lowest BCUT2D eigenvalue weighted by atomic mass is 10.2. The number of nitrogens with zero attached hydrogens (tertiary/aromatic N) is 3. The molecule has 5 heteroatoms. The summed E-state index contributed by atoms with van der Waals surface area (Å²) in [6.45, 7) is 8.27. The van der Waals surface area contributed by atoms with Crippen molar-refractivity contribution in [3.05, 3.63) is 26.5 Å². The van der Waals surface area contributed by atoms with Gasteiger partial charge in [0, 0.05) is 27.1 Å². The van der Waals surface area contributed by atoms with Crippen LogP contribution in [0.5, 0.6) is 0 Å². The Morgan fingerprint density at radius 2 is 2.00 bits per heavy atom. The molecule has 1 heterocycles. The molecule has 0 atom stereocenters. The number of benzene rings is 1. The van der Waals surface area contributed by atoms with E-state index in [4.69, 9.17) is 11.6 Å². The fourth-order valence-electron chi connectivity index (χ4n) is 2.25. The second-order valence-electron chi connectivity index (χ2n) is 4.81. The lowest BCUT2D eigenvalue weighted by Gasteiger charge is -2.23. The molecule has 20 heavy (non-hydrogen) atoms. The highest BCUT2D eigenvalue weighted by molar-refractivity contribution is 14.1. The smallest absolute Gasteiger partial charge is 0.140 e. The number of rotatable bonds is 5. The predicted octanol–water partition coefficient (Wildman–Crippen LogP) is 4.82. The number of unbranched alkanes of at least 4 members (excludes halogenated alkanes) is 1. The molecule has 0 saturated heterocycles. The van der Waals surface area contributed by atoms with Gasteiger partial charge in [-0.2, -0.15) is 0 Å². The second kappa shape index (κ2) is 6.89. The molecule has 108 valence electrons. The molecule has 3 nitrogen and oxygen atoms in total. The zero-order valence-corrected chi connectivity index (χ0v) is 15.0. The molecule has 1 aromatic carbocycles. The van der Waals surface area contributed by atoms with E-state index < -0.39 is 0 Å². The summed E-state index contributed by atoms with van der Waals surface area (Å²) in [7, 11) is 0. The number of aromatic nitrogens is 2. The maximum Gasteiger partial charge on any atom is 0.140 e. The monoisotopic (exact) mass is 403 g/mol. The van der Waals surface area contributed by atoms with Gasteiger partial charge in [0.2, 0.25) is 0 Å². The van der Waals surface area contributed by atoms with Crippen molar-refractivity contribution in [3.8, 4) is 0 Å². The molecular formula is C15H19ClIN3. The van der Waals surface area contributed by atoms with Crippen LogP contribution in [0, 0.1) is 10.5 Å². The summed E-state index contributed by atoms with van der Waals surface area (Å²) >= 11 is 8.50. The Hall–Kier alpha value is -0.620. The molecule has 1 aromatic heterocycles.